The van der Waals surface area contributed by atoms with E-state index in [-0.39, 0.29) is 0 Å². The van der Waals surface area contributed by atoms with Crippen molar-refractivity contribution in [3.05, 3.63) is 47.6 Å². The van der Waals surface area contributed by atoms with Crippen molar-refractivity contribution in [2.24, 2.45) is 0 Å². The zero-order chi connectivity index (χ0) is 11.1. The number of nitrogens with one attached hydrogen (secondary N) is 2. The molecular weight excluding hydrogens is 196 g/mol. The number of piperazine rings is 1. The van der Waals surface area contributed by atoms with Gasteiger partial charge in [0.15, 0.2) is 0 Å². The maximum Gasteiger partial charge on any atom is 0.00772 e. The number of hydrogen-bond acceptors (Lipinski definition) is 2. The Morgan fingerprint density at radius 2 is 1.12 bits per heavy atom. The first-order chi connectivity index (χ1) is 7.97. The molecule has 1 aliphatic heterocycles. The molecule has 0 spiro atoms. The molecule has 0 amide bonds. The topological polar surface area (TPSA) is 24.1 Å². The fourth-order valence-corrected chi connectivity index (χ4v) is 1.97. The van der Waals surface area contributed by atoms with E-state index in [0.29, 0.717) is 0 Å². The highest BCUT2D eigenvalue weighted by molar-refractivity contribution is 5.44. The van der Waals surface area contributed by atoms with E-state index in [1.165, 1.54) is 11.1 Å². The largest absolute Gasteiger partial charge is 0.314 e. The van der Waals surface area contributed by atoms with E-state index in [2.05, 4.69) is 47.1 Å². The van der Waals surface area contributed by atoms with Gasteiger partial charge in [0.05, 0.1) is 0 Å². The van der Waals surface area contributed by atoms with E-state index in [1.54, 1.807) is 0 Å². The highest BCUT2D eigenvalue weighted by Crippen LogP contribution is 2.25. The molecule has 16 heavy (non-hydrogen) atoms. The number of rotatable bonds is 1. The zero-order valence-electron chi connectivity index (χ0n) is 9.71. The smallest absolute Gasteiger partial charge is 0.00772 e. The van der Waals surface area contributed by atoms with Gasteiger partial charge in [-0.1, -0.05) is 36.5 Å². The van der Waals surface area contributed by atoms with Gasteiger partial charge in [-0.15, -0.1) is 0 Å². The van der Waals surface area contributed by atoms with Crippen LogP contribution in [0.5, 0.6) is 0 Å². The second kappa shape index (κ2) is 6.46. The summed E-state index contributed by atoms with van der Waals surface area (Å²) in [6.07, 6.45) is 15.4. The summed E-state index contributed by atoms with van der Waals surface area (Å²) in [5.41, 5.74) is 2.98. The molecule has 0 saturated carbocycles. The lowest BCUT2D eigenvalue weighted by molar-refractivity contribution is 0.534. The van der Waals surface area contributed by atoms with Crippen LogP contribution in [0, 0.1) is 0 Å². The van der Waals surface area contributed by atoms with Gasteiger partial charge in [0.2, 0.25) is 0 Å². The Morgan fingerprint density at radius 3 is 1.38 bits per heavy atom. The minimum absolute atomic E-state index is 1.13. The van der Waals surface area contributed by atoms with Gasteiger partial charge in [0, 0.05) is 26.2 Å². The first-order valence-corrected chi connectivity index (χ1v) is 6.10. The maximum atomic E-state index is 3.22. The summed E-state index contributed by atoms with van der Waals surface area (Å²) >= 11 is 0. The Morgan fingerprint density at radius 1 is 0.688 bits per heavy atom. The Labute approximate surface area is 97.8 Å². The van der Waals surface area contributed by atoms with Crippen LogP contribution in [0.2, 0.25) is 0 Å². The lowest BCUT2D eigenvalue weighted by Crippen LogP contribution is -2.39. The van der Waals surface area contributed by atoms with E-state index < -0.39 is 0 Å². The quantitative estimate of drug-likeness (QED) is 0.700. The summed E-state index contributed by atoms with van der Waals surface area (Å²) in [7, 11) is 0. The lowest BCUT2D eigenvalue weighted by atomic mass is 10.1. The van der Waals surface area contributed by atoms with Gasteiger partial charge in [-0.05, 0) is 24.0 Å². The van der Waals surface area contributed by atoms with Crippen LogP contribution >= 0.6 is 0 Å². The summed E-state index contributed by atoms with van der Waals surface area (Å²) in [4.78, 5) is 0. The number of hydrogen-bond donors (Lipinski definition) is 2. The summed E-state index contributed by atoms with van der Waals surface area (Å²) in [6, 6.07) is 0. The van der Waals surface area contributed by atoms with Gasteiger partial charge in [-0.25, -0.2) is 0 Å². The van der Waals surface area contributed by atoms with Crippen molar-refractivity contribution in [3.8, 4) is 0 Å². The Balaban J connectivity index is 0.000000138. The van der Waals surface area contributed by atoms with Gasteiger partial charge >= 0.3 is 0 Å². The van der Waals surface area contributed by atoms with Gasteiger partial charge < -0.3 is 10.6 Å². The molecule has 1 fully saturated rings. The predicted octanol–water partition coefficient (Wildman–Crippen LogP) is 1.94. The van der Waals surface area contributed by atoms with E-state index >= 15 is 0 Å². The van der Waals surface area contributed by atoms with Gasteiger partial charge in [-0.3, -0.25) is 0 Å². The van der Waals surface area contributed by atoms with Crippen LogP contribution in [-0.2, 0) is 0 Å². The lowest BCUT2D eigenvalue weighted by Gasteiger charge is -2.11. The molecule has 3 aliphatic rings. The third-order valence-electron chi connectivity index (χ3n) is 2.91. The van der Waals surface area contributed by atoms with Crippen molar-refractivity contribution >= 4 is 0 Å². The molecule has 0 atom stereocenters. The molecule has 0 aromatic rings. The van der Waals surface area contributed by atoms with Crippen LogP contribution in [0.1, 0.15) is 12.8 Å². The third-order valence-corrected chi connectivity index (χ3v) is 2.91. The first kappa shape index (κ1) is 11.4. The normalized spacial score (nSPS) is 22.5. The van der Waals surface area contributed by atoms with Crippen LogP contribution in [0.4, 0.5) is 0 Å². The van der Waals surface area contributed by atoms with Crippen molar-refractivity contribution in [1.82, 2.24) is 10.6 Å². The van der Waals surface area contributed by atoms with Crippen LogP contribution in [0.15, 0.2) is 47.6 Å². The molecule has 2 heteroatoms. The summed E-state index contributed by atoms with van der Waals surface area (Å²) in [5, 5.41) is 6.44. The molecule has 2 nitrogen and oxygen atoms in total. The Kier molecular flexibility index (Phi) is 4.59. The summed E-state index contributed by atoms with van der Waals surface area (Å²) in [6.45, 7) is 4.56. The van der Waals surface area contributed by atoms with Crippen molar-refractivity contribution in [2.45, 2.75) is 12.8 Å². The van der Waals surface area contributed by atoms with E-state index in [1.807, 2.05) is 0 Å². The van der Waals surface area contributed by atoms with Gasteiger partial charge in [-0.2, -0.15) is 0 Å². The monoisotopic (exact) mass is 216 g/mol. The Hall–Kier alpha value is -1.12. The molecule has 0 unspecified atom stereocenters. The molecule has 86 valence electrons. The third kappa shape index (κ3) is 3.47. The highest BCUT2D eigenvalue weighted by Gasteiger charge is 2.05. The van der Waals surface area contributed by atoms with Crippen molar-refractivity contribution in [1.29, 1.82) is 0 Å². The number of allylic oxidation sites excluding steroid dienone is 8. The average molecular weight is 216 g/mol. The van der Waals surface area contributed by atoms with Gasteiger partial charge in [0.1, 0.15) is 0 Å². The zero-order valence-corrected chi connectivity index (χ0v) is 9.71. The van der Waals surface area contributed by atoms with Crippen molar-refractivity contribution < 1.29 is 0 Å². The van der Waals surface area contributed by atoms with Crippen LogP contribution in [-0.4, -0.2) is 26.2 Å². The summed E-state index contributed by atoms with van der Waals surface area (Å²) < 4.78 is 0. The molecule has 2 N–H and O–H groups in total. The van der Waals surface area contributed by atoms with Crippen LogP contribution in [0.3, 0.4) is 0 Å². The van der Waals surface area contributed by atoms with Crippen molar-refractivity contribution in [2.75, 3.05) is 26.2 Å². The Bertz CT molecular complexity index is 291. The second-order valence-electron chi connectivity index (χ2n) is 4.15. The van der Waals surface area contributed by atoms with Crippen molar-refractivity contribution in [3.63, 3.8) is 0 Å². The fourth-order valence-electron chi connectivity index (χ4n) is 1.97. The molecule has 0 aromatic heterocycles. The van der Waals surface area contributed by atoms with Gasteiger partial charge in [0.25, 0.3) is 0 Å². The predicted molar refractivity (Wildman–Crippen MR) is 69.4 cm³/mol. The standard InChI is InChI=1S/C10H10.C4H10N2/c1-2-6-9(5-1)10-7-3-4-8-10;1-2-6-4-3-5-1/h1-5,7H,6,8H2;5-6H,1-4H2. The molecule has 0 aromatic carbocycles. The van der Waals surface area contributed by atoms with Crippen LogP contribution in [0.25, 0.3) is 0 Å². The van der Waals surface area contributed by atoms with Crippen LogP contribution < -0.4 is 10.6 Å². The SMILES string of the molecule is C1=CCC(C2=CC=CC2)=C1.C1CNCCN1. The summed E-state index contributed by atoms with van der Waals surface area (Å²) in [5.74, 6) is 0. The fraction of sp³-hybridized carbons (Fsp3) is 0.429. The molecule has 3 rings (SSSR count). The molecule has 2 aliphatic carbocycles. The molecular formula is C14H20N2. The molecule has 0 bridgehead atoms. The van der Waals surface area contributed by atoms with E-state index in [9.17, 15) is 0 Å². The minimum Gasteiger partial charge on any atom is -0.314 e. The molecule has 1 heterocycles. The minimum atomic E-state index is 1.13. The highest BCUT2D eigenvalue weighted by atomic mass is 15.0. The molecule has 1 saturated heterocycles. The average Bonchev–Trinajstić information content (AvgIpc) is 3.05. The van der Waals surface area contributed by atoms with E-state index in [4.69, 9.17) is 0 Å². The maximum absolute atomic E-state index is 3.22. The molecule has 0 radical (unpaired) electrons. The second-order valence-corrected chi connectivity index (χ2v) is 4.15. The first-order valence-electron chi connectivity index (χ1n) is 6.10. The van der Waals surface area contributed by atoms with E-state index in [0.717, 1.165) is 39.0 Å².